The number of rotatable bonds is 10. The zero-order chi connectivity index (χ0) is 14.5. The summed E-state index contributed by atoms with van der Waals surface area (Å²) < 4.78 is 5.69. The standard InChI is InChI=1S/C17H27N3O/c1-20(9-10-21-13-14-5-6-14)12-17-4-2-3-16(19-17)11-18-15-7-8-15/h2-4,14-15,18H,5-13H2,1H3. The first-order valence-corrected chi connectivity index (χ1v) is 8.24. The number of likely N-dealkylation sites (N-methyl/N-ethyl adjacent to an activating group) is 1. The molecule has 0 saturated heterocycles. The van der Waals surface area contributed by atoms with Crippen LogP contribution in [-0.4, -0.2) is 42.7 Å². The second-order valence-electron chi connectivity index (χ2n) is 6.53. The third-order valence-corrected chi connectivity index (χ3v) is 4.11. The van der Waals surface area contributed by atoms with Crippen molar-refractivity contribution in [3.8, 4) is 0 Å². The molecule has 2 aliphatic carbocycles. The Morgan fingerprint density at radius 2 is 2.05 bits per heavy atom. The largest absolute Gasteiger partial charge is 0.380 e. The van der Waals surface area contributed by atoms with Crippen molar-refractivity contribution >= 4 is 0 Å². The van der Waals surface area contributed by atoms with Gasteiger partial charge in [0, 0.05) is 32.3 Å². The lowest BCUT2D eigenvalue weighted by Gasteiger charge is -2.16. The van der Waals surface area contributed by atoms with E-state index in [0.29, 0.717) is 0 Å². The lowest BCUT2D eigenvalue weighted by Crippen LogP contribution is -2.24. The van der Waals surface area contributed by atoms with E-state index >= 15 is 0 Å². The Labute approximate surface area is 127 Å². The summed E-state index contributed by atoms with van der Waals surface area (Å²) in [4.78, 5) is 7.02. The number of hydrogen-bond acceptors (Lipinski definition) is 4. The van der Waals surface area contributed by atoms with Gasteiger partial charge in [-0.25, -0.2) is 0 Å². The van der Waals surface area contributed by atoms with E-state index in [1.807, 2.05) is 0 Å². The van der Waals surface area contributed by atoms with Crippen molar-refractivity contribution in [3.05, 3.63) is 29.6 Å². The van der Waals surface area contributed by atoms with E-state index in [2.05, 4.69) is 35.5 Å². The second-order valence-corrected chi connectivity index (χ2v) is 6.53. The van der Waals surface area contributed by atoms with Gasteiger partial charge >= 0.3 is 0 Å². The first kappa shape index (κ1) is 14.9. The molecule has 4 heteroatoms. The zero-order valence-electron chi connectivity index (χ0n) is 13.1. The van der Waals surface area contributed by atoms with Crippen molar-refractivity contribution in [2.45, 2.75) is 44.8 Å². The predicted octanol–water partition coefficient (Wildman–Crippen LogP) is 2.19. The van der Waals surface area contributed by atoms with E-state index in [1.54, 1.807) is 0 Å². The highest BCUT2D eigenvalue weighted by atomic mass is 16.5. The van der Waals surface area contributed by atoms with Crippen molar-refractivity contribution in [1.82, 2.24) is 15.2 Å². The fraction of sp³-hybridized carbons (Fsp3) is 0.706. The Morgan fingerprint density at radius 3 is 2.81 bits per heavy atom. The average molecular weight is 289 g/mol. The Hall–Kier alpha value is -0.970. The van der Waals surface area contributed by atoms with Crippen LogP contribution in [0.25, 0.3) is 0 Å². The molecule has 3 rings (SSSR count). The van der Waals surface area contributed by atoms with Crippen molar-refractivity contribution < 1.29 is 4.74 Å². The molecule has 0 unspecified atom stereocenters. The van der Waals surface area contributed by atoms with Crippen molar-refractivity contribution in [2.75, 3.05) is 26.8 Å². The Morgan fingerprint density at radius 1 is 1.24 bits per heavy atom. The molecular formula is C17H27N3O. The molecule has 1 aromatic heterocycles. The molecule has 0 spiro atoms. The van der Waals surface area contributed by atoms with E-state index in [-0.39, 0.29) is 0 Å². The van der Waals surface area contributed by atoms with Crippen LogP contribution in [-0.2, 0) is 17.8 Å². The fourth-order valence-corrected chi connectivity index (χ4v) is 2.36. The van der Waals surface area contributed by atoms with Crippen LogP contribution in [0.5, 0.6) is 0 Å². The molecule has 1 heterocycles. The smallest absolute Gasteiger partial charge is 0.0593 e. The molecule has 0 aromatic carbocycles. The molecule has 0 aliphatic heterocycles. The monoisotopic (exact) mass is 289 g/mol. The van der Waals surface area contributed by atoms with Crippen LogP contribution < -0.4 is 5.32 Å². The summed E-state index contributed by atoms with van der Waals surface area (Å²) in [6.45, 7) is 4.54. The first-order valence-electron chi connectivity index (χ1n) is 8.24. The average Bonchev–Trinajstić information content (AvgIpc) is 3.37. The summed E-state index contributed by atoms with van der Waals surface area (Å²) in [6.07, 6.45) is 5.37. The quantitative estimate of drug-likeness (QED) is 0.670. The van der Waals surface area contributed by atoms with Gasteiger partial charge in [-0.15, -0.1) is 0 Å². The molecular weight excluding hydrogens is 262 g/mol. The summed E-state index contributed by atoms with van der Waals surface area (Å²) >= 11 is 0. The number of pyridine rings is 1. The number of aromatic nitrogens is 1. The molecule has 4 nitrogen and oxygen atoms in total. The van der Waals surface area contributed by atoms with E-state index < -0.39 is 0 Å². The van der Waals surface area contributed by atoms with Gasteiger partial charge in [-0.2, -0.15) is 0 Å². The Bertz CT molecular complexity index is 443. The van der Waals surface area contributed by atoms with Crippen molar-refractivity contribution in [2.24, 2.45) is 5.92 Å². The van der Waals surface area contributed by atoms with Crippen LogP contribution in [0.3, 0.4) is 0 Å². The van der Waals surface area contributed by atoms with Gasteiger partial charge in [0.05, 0.1) is 18.0 Å². The molecule has 1 aromatic rings. The molecule has 0 radical (unpaired) electrons. The van der Waals surface area contributed by atoms with Gasteiger partial charge in [0.15, 0.2) is 0 Å². The van der Waals surface area contributed by atoms with Crippen LogP contribution in [0.1, 0.15) is 37.1 Å². The van der Waals surface area contributed by atoms with E-state index in [4.69, 9.17) is 9.72 Å². The maximum absolute atomic E-state index is 5.69. The topological polar surface area (TPSA) is 37.4 Å². The minimum Gasteiger partial charge on any atom is -0.380 e. The molecule has 1 N–H and O–H groups in total. The lowest BCUT2D eigenvalue weighted by molar-refractivity contribution is 0.101. The number of nitrogens with zero attached hydrogens (tertiary/aromatic N) is 2. The number of nitrogens with one attached hydrogen (secondary N) is 1. The molecule has 2 saturated carbocycles. The zero-order valence-corrected chi connectivity index (χ0v) is 13.1. The van der Waals surface area contributed by atoms with Gasteiger partial charge in [0.25, 0.3) is 0 Å². The SMILES string of the molecule is CN(CCOCC1CC1)Cc1cccc(CNC2CC2)n1. The van der Waals surface area contributed by atoms with Crippen LogP contribution >= 0.6 is 0 Å². The summed E-state index contributed by atoms with van der Waals surface area (Å²) in [5.74, 6) is 0.854. The summed E-state index contributed by atoms with van der Waals surface area (Å²) in [7, 11) is 2.14. The highest BCUT2D eigenvalue weighted by molar-refractivity contribution is 5.11. The number of hydrogen-bond donors (Lipinski definition) is 1. The molecule has 2 aliphatic rings. The van der Waals surface area contributed by atoms with Crippen LogP contribution in [0.15, 0.2) is 18.2 Å². The summed E-state index contributed by atoms with van der Waals surface area (Å²) in [5, 5.41) is 3.52. The van der Waals surface area contributed by atoms with Gasteiger partial charge in [-0.05, 0) is 50.8 Å². The second kappa shape index (κ2) is 7.34. The van der Waals surface area contributed by atoms with Gasteiger partial charge in [-0.1, -0.05) is 6.07 Å². The first-order chi connectivity index (χ1) is 10.3. The van der Waals surface area contributed by atoms with Crippen LogP contribution in [0.2, 0.25) is 0 Å². The van der Waals surface area contributed by atoms with Crippen molar-refractivity contribution in [1.29, 1.82) is 0 Å². The summed E-state index contributed by atoms with van der Waals surface area (Å²) in [5.41, 5.74) is 2.30. The molecule has 21 heavy (non-hydrogen) atoms. The van der Waals surface area contributed by atoms with Crippen molar-refractivity contribution in [3.63, 3.8) is 0 Å². The van der Waals surface area contributed by atoms with E-state index in [9.17, 15) is 0 Å². The van der Waals surface area contributed by atoms with Crippen LogP contribution in [0.4, 0.5) is 0 Å². The highest BCUT2D eigenvalue weighted by Crippen LogP contribution is 2.28. The minimum absolute atomic E-state index is 0.738. The number of ether oxygens (including phenoxy) is 1. The van der Waals surface area contributed by atoms with Crippen LogP contribution in [0, 0.1) is 5.92 Å². The molecule has 2 fully saturated rings. The third kappa shape index (κ3) is 5.73. The lowest BCUT2D eigenvalue weighted by atomic mass is 10.3. The Kier molecular flexibility index (Phi) is 5.22. The minimum atomic E-state index is 0.738. The maximum atomic E-state index is 5.69. The van der Waals surface area contributed by atoms with Gasteiger partial charge in [0.2, 0.25) is 0 Å². The van der Waals surface area contributed by atoms with Gasteiger partial charge in [0.1, 0.15) is 0 Å². The van der Waals surface area contributed by atoms with E-state index in [0.717, 1.165) is 56.2 Å². The predicted molar refractivity (Wildman–Crippen MR) is 84.0 cm³/mol. The van der Waals surface area contributed by atoms with Gasteiger partial charge in [-0.3, -0.25) is 9.88 Å². The fourth-order valence-electron chi connectivity index (χ4n) is 2.36. The summed E-state index contributed by atoms with van der Waals surface area (Å²) in [6, 6.07) is 7.07. The normalized spacial score (nSPS) is 18.4. The highest BCUT2D eigenvalue weighted by Gasteiger charge is 2.21. The molecule has 0 atom stereocenters. The maximum Gasteiger partial charge on any atom is 0.0593 e. The molecule has 116 valence electrons. The van der Waals surface area contributed by atoms with E-state index in [1.165, 1.54) is 25.7 Å². The molecule has 0 bridgehead atoms. The third-order valence-electron chi connectivity index (χ3n) is 4.11. The molecule has 0 amide bonds. The Balaban J connectivity index is 1.36. The van der Waals surface area contributed by atoms with Gasteiger partial charge < -0.3 is 10.1 Å².